The van der Waals surface area contributed by atoms with Gasteiger partial charge in [-0.2, -0.15) is 0 Å². The van der Waals surface area contributed by atoms with E-state index < -0.39 is 9.92 Å². The summed E-state index contributed by atoms with van der Waals surface area (Å²) in [4.78, 5) is 12.0. The number of carbonyl (C=O) groups is 1. The van der Waals surface area contributed by atoms with Gasteiger partial charge in [0.15, 0.2) is 0 Å². The second-order valence-corrected chi connectivity index (χ2v) is 27.7. The van der Waals surface area contributed by atoms with Crippen molar-refractivity contribution < 1.29 is 13.3 Å². The van der Waals surface area contributed by atoms with Gasteiger partial charge < -0.3 is 0 Å². The summed E-state index contributed by atoms with van der Waals surface area (Å²) in [6.07, 6.45) is 1.56. The van der Waals surface area contributed by atoms with Gasteiger partial charge in [0.2, 0.25) is 0 Å². The van der Waals surface area contributed by atoms with Crippen LogP contribution in [0.2, 0.25) is 0 Å². The number of benzene rings is 1. The predicted octanol–water partition coefficient (Wildman–Crippen LogP) is 5.18. The molecule has 0 radical (unpaired) electrons. The van der Waals surface area contributed by atoms with Crippen LogP contribution >= 0.6 is 28.0 Å². The number of carbonyl (C=O) groups excluding carboxylic acids is 1. The fourth-order valence-electron chi connectivity index (χ4n) is 2.95. The Morgan fingerprint density at radius 2 is 1.91 bits per heavy atom. The zero-order valence-electron chi connectivity index (χ0n) is 13.8. The first-order chi connectivity index (χ1) is 10.7. The fraction of sp³-hybridized carbons (Fsp3) is 0.471. The van der Waals surface area contributed by atoms with Crippen LogP contribution in [0.4, 0.5) is 0 Å². The van der Waals surface area contributed by atoms with Gasteiger partial charge in [-0.05, 0) is 0 Å². The van der Waals surface area contributed by atoms with Gasteiger partial charge in [-0.1, -0.05) is 0 Å². The third kappa shape index (κ3) is 4.50. The zero-order valence-corrected chi connectivity index (χ0v) is 19.1. The van der Waals surface area contributed by atoms with E-state index in [1.54, 1.807) is 6.08 Å². The first kappa shape index (κ1) is 19.2. The SMILES string of the molecule is CCOC(=O)/C=[C]1/[C@H](C(C)(C)C)[C@@H](c2ccccc2)[O][Ge]1([Br])[Br]. The minimum absolute atomic E-state index is 0.0482. The van der Waals surface area contributed by atoms with Crippen LogP contribution in [0.25, 0.3) is 0 Å². The molecule has 0 bridgehead atoms. The Bertz CT molecular complexity index is 594. The van der Waals surface area contributed by atoms with E-state index in [1.165, 1.54) is 0 Å². The standard InChI is InChI=1S/C17H22Br2GeO3/c1-5-22-14(21)11-13-15(17(2,3)4)16(23-20(13,18)19)12-9-7-6-8-10-12/h6-11,15-16H,5H2,1-4H3/b13-11-/t15-,16+/m0/s1. The minimum atomic E-state index is -3.06. The van der Waals surface area contributed by atoms with E-state index in [1.807, 2.05) is 25.1 Å². The molecule has 1 aliphatic heterocycles. The molecule has 0 saturated carbocycles. The van der Waals surface area contributed by atoms with Gasteiger partial charge in [0.05, 0.1) is 0 Å². The Balaban J connectivity index is 2.49. The third-order valence-corrected chi connectivity index (χ3v) is 14.1. The van der Waals surface area contributed by atoms with E-state index in [2.05, 4.69) is 60.9 Å². The van der Waals surface area contributed by atoms with Gasteiger partial charge in [-0.15, -0.1) is 0 Å². The molecule has 0 aromatic heterocycles. The molecule has 0 aliphatic carbocycles. The van der Waals surface area contributed by atoms with Crippen molar-refractivity contribution in [2.45, 2.75) is 33.8 Å². The molecule has 1 aromatic carbocycles. The van der Waals surface area contributed by atoms with Crippen LogP contribution in [0.15, 0.2) is 40.8 Å². The number of ether oxygens (including phenoxy) is 1. The second kappa shape index (κ2) is 7.42. The van der Waals surface area contributed by atoms with Gasteiger partial charge in [-0.3, -0.25) is 0 Å². The summed E-state index contributed by atoms with van der Waals surface area (Å²) in [5.74, 6) is -0.198. The topological polar surface area (TPSA) is 35.5 Å². The van der Waals surface area contributed by atoms with E-state index in [9.17, 15) is 4.79 Å². The molecule has 126 valence electrons. The van der Waals surface area contributed by atoms with Gasteiger partial charge in [0.25, 0.3) is 0 Å². The molecule has 23 heavy (non-hydrogen) atoms. The number of halogens is 2. The van der Waals surface area contributed by atoms with Crippen LogP contribution in [0.3, 0.4) is 0 Å². The van der Waals surface area contributed by atoms with Crippen molar-refractivity contribution in [1.29, 1.82) is 0 Å². The molecule has 1 fully saturated rings. The summed E-state index contributed by atoms with van der Waals surface area (Å²) in [6.45, 7) is 8.72. The van der Waals surface area contributed by atoms with Crippen molar-refractivity contribution in [3.05, 3.63) is 46.4 Å². The number of rotatable bonds is 3. The van der Waals surface area contributed by atoms with Crippen molar-refractivity contribution in [3.63, 3.8) is 0 Å². The number of hydrogen-bond acceptors (Lipinski definition) is 3. The van der Waals surface area contributed by atoms with Crippen LogP contribution in [0.1, 0.15) is 39.4 Å². The van der Waals surface area contributed by atoms with Gasteiger partial charge in [-0.25, -0.2) is 0 Å². The molecule has 1 heterocycles. The summed E-state index contributed by atoms with van der Waals surface area (Å²) in [7, 11) is -3.06. The maximum absolute atomic E-state index is 12.0. The van der Waals surface area contributed by atoms with E-state index in [4.69, 9.17) is 8.50 Å². The summed E-state index contributed by atoms with van der Waals surface area (Å²) in [5, 5.41) is 0. The summed E-state index contributed by atoms with van der Waals surface area (Å²) >= 11 is 7.53. The van der Waals surface area contributed by atoms with Crippen molar-refractivity contribution in [2.75, 3.05) is 6.61 Å². The first-order valence-corrected chi connectivity index (χ1v) is 19.4. The average molecular weight is 507 g/mol. The van der Waals surface area contributed by atoms with Crippen LogP contribution in [0.5, 0.6) is 0 Å². The Morgan fingerprint density at radius 3 is 2.43 bits per heavy atom. The van der Waals surface area contributed by atoms with Gasteiger partial charge in [0.1, 0.15) is 0 Å². The van der Waals surface area contributed by atoms with Crippen LogP contribution in [-0.2, 0) is 13.3 Å². The molecule has 0 spiro atoms. The zero-order chi connectivity index (χ0) is 17.3. The summed E-state index contributed by atoms with van der Waals surface area (Å²) < 4.78 is 12.6. The molecule has 3 nitrogen and oxygen atoms in total. The Labute approximate surface area is 154 Å². The summed E-state index contributed by atoms with van der Waals surface area (Å²) in [5.41, 5.74) is 1.08. The quantitative estimate of drug-likeness (QED) is 0.322. The van der Waals surface area contributed by atoms with Crippen LogP contribution in [0, 0.1) is 11.3 Å². The van der Waals surface area contributed by atoms with Gasteiger partial charge >= 0.3 is 155 Å². The Morgan fingerprint density at radius 1 is 1.30 bits per heavy atom. The van der Waals surface area contributed by atoms with Crippen LogP contribution in [-0.4, -0.2) is 22.5 Å². The second-order valence-electron chi connectivity index (χ2n) is 6.66. The molecule has 1 aromatic rings. The molecule has 1 saturated heterocycles. The van der Waals surface area contributed by atoms with Crippen molar-refractivity contribution in [2.24, 2.45) is 11.3 Å². The number of esters is 1. The normalized spacial score (nSPS) is 25.6. The molecular formula is C17H22Br2GeO3. The average Bonchev–Trinajstić information content (AvgIpc) is 2.71. The monoisotopic (exact) mass is 506 g/mol. The van der Waals surface area contributed by atoms with E-state index in [-0.39, 0.29) is 23.4 Å². The fourth-order valence-corrected chi connectivity index (χ4v) is 12.9. The summed E-state index contributed by atoms with van der Waals surface area (Å²) in [6, 6.07) is 10.2. The van der Waals surface area contributed by atoms with Crippen molar-refractivity contribution in [1.82, 2.24) is 0 Å². The molecule has 0 N–H and O–H groups in total. The van der Waals surface area contributed by atoms with E-state index in [0.717, 1.165) is 9.97 Å². The van der Waals surface area contributed by atoms with Crippen LogP contribution < -0.4 is 0 Å². The Kier molecular flexibility index (Phi) is 6.20. The maximum atomic E-state index is 12.0. The molecular weight excluding hydrogens is 485 g/mol. The first-order valence-electron chi connectivity index (χ1n) is 7.66. The molecule has 0 amide bonds. The predicted molar refractivity (Wildman–Crippen MR) is 102 cm³/mol. The Hall–Kier alpha value is -0.107. The molecule has 2 atom stereocenters. The van der Waals surface area contributed by atoms with Crippen molar-refractivity contribution in [3.8, 4) is 0 Å². The number of hydrogen-bond donors (Lipinski definition) is 0. The van der Waals surface area contributed by atoms with Crippen molar-refractivity contribution >= 4 is 43.9 Å². The molecule has 1 aliphatic rings. The molecule has 2 rings (SSSR count). The van der Waals surface area contributed by atoms with E-state index >= 15 is 0 Å². The third-order valence-electron chi connectivity index (χ3n) is 3.87. The van der Waals surface area contributed by atoms with Gasteiger partial charge in [0, 0.05) is 0 Å². The molecule has 6 heteroatoms. The molecule has 0 unspecified atom stereocenters. The van der Waals surface area contributed by atoms with E-state index in [0.29, 0.717) is 6.61 Å².